The molecule has 0 spiro atoms. The molecule has 2 rings (SSSR count). The largest absolute Gasteiger partial charge is 0.312 e. The topological polar surface area (TPSA) is 12.0 Å². The number of nitrogens with one attached hydrogen (secondary N) is 1. The normalized spacial score (nSPS) is 11.0. The lowest BCUT2D eigenvalue weighted by atomic mass is 9.97. The molecular formula is C23H24FN. The number of rotatable bonds is 9. The van der Waals surface area contributed by atoms with Crippen molar-refractivity contribution < 1.29 is 4.39 Å². The molecule has 0 heterocycles. The molecule has 0 fully saturated rings. The predicted octanol–water partition coefficient (Wildman–Crippen LogP) is 5.69. The minimum Gasteiger partial charge on any atom is -0.312 e. The van der Waals surface area contributed by atoms with Crippen molar-refractivity contribution in [2.24, 2.45) is 0 Å². The van der Waals surface area contributed by atoms with E-state index in [4.69, 9.17) is 0 Å². The van der Waals surface area contributed by atoms with Gasteiger partial charge in [-0.3, -0.25) is 0 Å². The second kappa shape index (κ2) is 10.2. The number of allylic oxidation sites excluding steroid dienone is 2. The molecule has 128 valence electrons. The van der Waals surface area contributed by atoms with Gasteiger partial charge >= 0.3 is 0 Å². The third kappa shape index (κ3) is 6.36. The molecule has 2 aromatic rings. The van der Waals surface area contributed by atoms with Crippen LogP contribution in [0.1, 0.15) is 17.5 Å². The van der Waals surface area contributed by atoms with E-state index in [1.54, 1.807) is 6.08 Å². The summed E-state index contributed by atoms with van der Waals surface area (Å²) in [5.74, 6) is -0.452. The smallest absolute Gasteiger partial charge is 0.116 e. The maximum atomic E-state index is 12.8. The molecule has 0 unspecified atom stereocenters. The zero-order chi connectivity index (χ0) is 17.9. The van der Waals surface area contributed by atoms with Crippen molar-refractivity contribution >= 4 is 5.57 Å². The van der Waals surface area contributed by atoms with Gasteiger partial charge in [0.05, 0.1) is 0 Å². The Morgan fingerprint density at radius 3 is 2.00 bits per heavy atom. The Balaban J connectivity index is 2.02. The summed E-state index contributed by atoms with van der Waals surface area (Å²) in [4.78, 5) is 0. The van der Waals surface area contributed by atoms with E-state index in [1.165, 1.54) is 22.8 Å². The van der Waals surface area contributed by atoms with Crippen molar-refractivity contribution in [3.05, 3.63) is 115 Å². The van der Waals surface area contributed by atoms with Crippen molar-refractivity contribution in [3.8, 4) is 0 Å². The maximum absolute atomic E-state index is 12.8. The maximum Gasteiger partial charge on any atom is 0.116 e. The first kappa shape index (κ1) is 18.6. The summed E-state index contributed by atoms with van der Waals surface area (Å²) in [6, 6.07) is 20.7. The first-order valence-electron chi connectivity index (χ1n) is 8.40. The van der Waals surface area contributed by atoms with Crippen LogP contribution in [0.3, 0.4) is 0 Å². The van der Waals surface area contributed by atoms with E-state index in [1.807, 2.05) is 12.1 Å². The monoisotopic (exact) mass is 333 g/mol. The molecule has 0 saturated carbocycles. The van der Waals surface area contributed by atoms with Crippen LogP contribution in [0.15, 0.2) is 103 Å². The van der Waals surface area contributed by atoms with E-state index in [-0.39, 0.29) is 0 Å². The van der Waals surface area contributed by atoms with Crippen molar-refractivity contribution in [1.82, 2.24) is 5.32 Å². The van der Waals surface area contributed by atoms with Gasteiger partial charge in [-0.05, 0) is 41.3 Å². The van der Waals surface area contributed by atoms with Crippen LogP contribution in [-0.2, 0) is 0 Å². The minimum absolute atomic E-state index is 0.452. The van der Waals surface area contributed by atoms with Gasteiger partial charge < -0.3 is 5.32 Å². The predicted molar refractivity (Wildman–Crippen MR) is 106 cm³/mol. The van der Waals surface area contributed by atoms with Crippen molar-refractivity contribution in [3.63, 3.8) is 0 Å². The average molecular weight is 333 g/mol. The molecule has 0 aromatic heterocycles. The van der Waals surface area contributed by atoms with Crippen LogP contribution < -0.4 is 5.32 Å². The highest BCUT2D eigenvalue weighted by Crippen LogP contribution is 2.23. The van der Waals surface area contributed by atoms with E-state index in [0.29, 0.717) is 6.54 Å². The molecule has 0 bridgehead atoms. The molecule has 0 atom stereocenters. The first-order valence-corrected chi connectivity index (χ1v) is 8.40. The lowest BCUT2D eigenvalue weighted by molar-refractivity contribution is 0.667. The van der Waals surface area contributed by atoms with E-state index in [9.17, 15) is 4.39 Å². The molecule has 0 aliphatic rings. The van der Waals surface area contributed by atoms with E-state index >= 15 is 0 Å². The van der Waals surface area contributed by atoms with Crippen LogP contribution >= 0.6 is 0 Å². The highest BCUT2D eigenvalue weighted by atomic mass is 19.1. The van der Waals surface area contributed by atoms with Gasteiger partial charge in [-0.2, -0.15) is 0 Å². The highest BCUT2D eigenvalue weighted by Gasteiger charge is 2.03. The zero-order valence-corrected chi connectivity index (χ0v) is 14.4. The van der Waals surface area contributed by atoms with Crippen LogP contribution in [0, 0.1) is 0 Å². The minimum atomic E-state index is -0.452. The number of benzene rings is 2. The van der Waals surface area contributed by atoms with E-state index in [0.717, 1.165) is 18.5 Å². The summed E-state index contributed by atoms with van der Waals surface area (Å²) in [5.41, 5.74) is 4.42. The summed E-state index contributed by atoms with van der Waals surface area (Å²) < 4.78 is 12.8. The van der Waals surface area contributed by atoms with Gasteiger partial charge in [0.15, 0.2) is 0 Å². The Bertz CT molecular complexity index is 701. The van der Waals surface area contributed by atoms with E-state index in [2.05, 4.69) is 73.1 Å². The summed E-state index contributed by atoms with van der Waals surface area (Å²) in [5, 5.41) is 3.31. The summed E-state index contributed by atoms with van der Waals surface area (Å²) in [7, 11) is 0. The summed E-state index contributed by atoms with van der Waals surface area (Å²) in [6.07, 6.45) is 6.16. The van der Waals surface area contributed by atoms with Crippen LogP contribution in [-0.4, -0.2) is 13.1 Å². The SMILES string of the molecule is C=C/C(=C\C(=C)F)CNCCC=C(c1ccccc1)c1ccccc1. The molecule has 1 nitrogen and oxygen atoms in total. The molecule has 0 radical (unpaired) electrons. The fourth-order valence-electron chi connectivity index (χ4n) is 2.57. The Kier molecular flexibility index (Phi) is 7.61. The molecule has 25 heavy (non-hydrogen) atoms. The van der Waals surface area contributed by atoms with Gasteiger partial charge in [-0.1, -0.05) is 86.0 Å². The number of hydrogen-bond donors (Lipinski definition) is 1. The van der Waals surface area contributed by atoms with Gasteiger partial charge in [0.1, 0.15) is 5.83 Å². The lowest BCUT2D eigenvalue weighted by Gasteiger charge is -2.09. The van der Waals surface area contributed by atoms with Gasteiger partial charge in [0.25, 0.3) is 0 Å². The molecule has 2 heteroatoms. The molecular weight excluding hydrogens is 309 g/mol. The Labute approximate surface area is 149 Å². The number of halogens is 1. The van der Waals surface area contributed by atoms with Crippen molar-refractivity contribution in [1.29, 1.82) is 0 Å². The zero-order valence-electron chi connectivity index (χ0n) is 14.4. The van der Waals surface area contributed by atoms with Crippen molar-refractivity contribution in [2.45, 2.75) is 6.42 Å². The van der Waals surface area contributed by atoms with Gasteiger partial charge in [-0.15, -0.1) is 0 Å². The standard InChI is InChI=1S/C23H24FN/c1-3-20(17-19(2)24)18-25-16-10-15-23(21-11-6-4-7-12-21)22-13-8-5-9-14-22/h3-9,11-15,17,25H,1-2,10,16,18H2/b20-17+. The summed E-state index contributed by atoms with van der Waals surface area (Å²) >= 11 is 0. The van der Waals surface area contributed by atoms with Crippen molar-refractivity contribution in [2.75, 3.05) is 13.1 Å². The van der Waals surface area contributed by atoms with Gasteiger partial charge in [0.2, 0.25) is 0 Å². The van der Waals surface area contributed by atoms with Crippen LogP contribution in [0.4, 0.5) is 4.39 Å². The molecule has 0 aliphatic heterocycles. The second-order valence-corrected chi connectivity index (χ2v) is 5.69. The van der Waals surface area contributed by atoms with Gasteiger partial charge in [0, 0.05) is 6.54 Å². The fourth-order valence-corrected chi connectivity index (χ4v) is 2.57. The lowest BCUT2D eigenvalue weighted by Crippen LogP contribution is -2.17. The Hall–Kier alpha value is -2.71. The molecule has 2 aromatic carbocycles. The Morgan fingerprint density at radius 2 is 1.52 bits per heavy atom. The molecule has 0 saturated heterocycles. The van der Waals surface area contributed by atoms with Crippen LogP contribution in [0.2, 0.25) is 0 Å². The van der Waals surface area contributed by atoms with Crippen LogP contribution in [0.5, 0.6) is 0 Å². The molecule has 0 aliphatic carbocycles. The third-order valence-corrected chi connectivity index (χ3v) is 3.77. The van der Waals surface area contributed by atoms with E-state index < -0.39 is 5.83 Å². The average Bonchev–Trinajstić information content (AvgIpc) is 2.64. The highest BCUT2D eigenvalue weighted by molar-refractivity contribution is 5.79. The second-order valence-electron chi connectivity index (χ2n) is 5.69. The van der Waals surface area contributed by atoms with Gasteiger partial charge in [-0.25, -0.2) is 4.39 Å². The Morgan fingerprint density at radius 1 is 0.960 bits per heavy atom. The third-order valence-electron chi connectivity index (χ3n) is 3.77. The van der Waals surface area contributed by atoms with Crippen LogP contribution in [0.25, 0.3) is 5.57 Å². The number of hydrogen-bond acceptors (Lipinski definition) is 1. The summed E-state index contributed by atoms with van der Waals surface area (Å²) in [6.45, 7) is 8.32. The quantitative estimate of drug-likeness (QED) is 0.459. The molecule has 0 amide bonds. The molecule has 1 N–H and O–H groups in total. The first-order chi connectivity index (χ1) is 12.2. The fraction of sp³-hybridized carbons (Fsp3) is 0.130.